The fourth-order valence-corrected chi connectivity index (χ4v) is 2.77. The van der Waals surface area contributed by atoms with Crippen LogP contribution in [0.5, 0.6) is 0 Å². The second kappa shape index (κ2) is 6.38. The van der Waals surface area contributed by atoms with Crippen LogP contribution in [-0.4, -0.2) is 22.2 Å². The van der Waals surface area contributed by atoms with Gasteiger partial charge in [0, 0.05) is 5.56 Å². The van der Waals surface area contributed by atoms with Gasteiger partial charge in [0.2, 0.25) is 0 Å². The molecule has 3 aromatic rings. The molecule has 0 fully saturated rings. The highest BCUT2D eigenvalue weighted by Crippen LogP contribution is 2.36. The van der Waals surface area contributed by atoms with Crippen molar-refractivity contribution < 1.29 is 19.8 Å². The zero-order chi connectivity index (χ0) is 17.1. The standard InChI is InChI=1S/C20H14O4/c21-19(22)16-11-6-12-17(20(23)24)18(16)15-10-5-4-9-14(15)13-7-2-1-3-8-13/h1-12H,(H,21,22)(H,23,24). The molecule has 2 N–H and O–H groups in total. The normalized spacial score (nSPS) is 10.3. The maximum atomic E-state index is 11.6. The van der Waals surface area contributed by atoms with Crippen LogP contribution in [0.1, 0.15) is 20.7 Å². The van der Waals surface area contributed by atoms with E-state index in [1.165, 1.54) is 18.2 Å². The molecule has 3 rings (SSSR count). The highest BCUT2D eigenvalue weighted by molar-refractivity contribution is 6.07. The molecular weight excluding hydrogens is 304 g/mol. The summed E-state index contributed by atoms with van der Waals surface area (Å²) in [6.45, 7) is 0. The number of rotatable bonds is 4. The summed E-state index contributed by atoms with van der Waals surface area (Å²) < 4.78 is 0. The van der Waals surface area contributed by atoms with Gasteiger partial charge in [0.25, 0.3) is 0 Å². The molecule has 3 aromatic carbocycles. The molecule has 0 aliphatic carbocycles. The third kappa shape index (κ3) is 2.77. The molecule has 0 aromatic heterocycles. The topological polar surface area (TPSA) is 74.6 Å². The predicted molar refractivity (Wildman–Crippen MR) is 91.2 cm³/mol. The van der Waals surface area contributed by atoms with Gasteiger partial charge >= 0.3 is 11.9 Å². The largest absolute Gasteiger partial charge is 0.478 e. The molecule has 4 nitrogen and oxygen atoms in total. The van der Waals surface area contributed by atoms with Crippen molar-refractivity contribution in [2.45, 2.75) is 0 Å². The Morgan fingerprint density at radius 1 is 0.583 bits per heavy atom. The van der Waals surface area contributed by atoms with E-state index in [1.54, 1.807) is 12.1 Å². The lowest BCUT2D eigenvalue weighted by Gasteiger charge is -2.15. The first kappa shape index (κ1) is 15.5. The molecule has 0 radical (unpaired) electrons. The molecular formula is C20H14O4. The first-order valence-corrected chi connectivity index (χ1v) is 7.34. The molecule has 0 bridgehead atoms. The second-order valence-corrected chi connectivity index (χ2v) is 5.25. The first-order valence-electron chi connectivity index (χ1n) is 7.34. The number of carbonyl (C=O) groups is 2. The van der Waals surface area contributed by atoms with E-state index >= 15 is 0 Å². The minimum atomic E-state index is -1.16. The van der Waals surface area contributed by atoms with Crippen molar-refractivity contribution in [3.05, 3.63) is 83.9 Å². The molecule has 0 saturated heterocycles. The Kier molecular flexibility index (Phi) is 4.12. The average Bonchev–Trinajstić information content (AvgIpc) is 2.61. The fraction of sp³-hybridized carbons (Fsp3) is 0. The van der Waals surface area contributed by atoms with Crippen molar-refractivity contribution in [1.82, 2.24) is 0 Å². The van der Waals surface area contributed by atoms with Crippen molar-refractivity contribution in [2.75, 3.05) is 0 Å². The van der Waals surface area contributed by atoms with Gasteiger partial charge in [-0.1, -0.05) is 60.7 Å². The number of benzene rings is 3. The number of hydrogen-bond donors (Lipinski definition) is 2. The molecule has 118 valence electrons. The van der Waals surface area contributed by atoms with Crippen LogP contribution in [0.3, 0.4) is 0 Å². The summed E-state index contributed by atoms with van der Waals surface area (Å²) in [6.07, 6.45) is 0. The zero-order valence-electron chi connectivity index (χ0n) is 12.6. The Morgan fingerprint density at radius 3 is 1.62 bits per heavy atom. The summed E-state index contributed by atoms with van der Waals surface area (Å²) in [4.78, 5) is 23.2. The Balaban J connectivity index is 2.35. The third-order valence-electron chi connectivity index (χ3n) is 3.81. The smallest absolute Gasteiger partial charge is 0.336 e. The van der Waals surface area contributed by atoms with Crippen molar-refractivity contribution in [3.8, 4) is 22.3 Å². The molecule has 0 unspecified atom stereocenters. The molecule has 0 heterocycles. The van der Waals surface area contributed by atoms with Crippen LogP contribution in [0.15, 0.2) is 72.8 Å². The molecule has 0 atom stereocenters. The molecule has 0 aliphatic heterocycles. The van der Waals surface area contributed by atoms with Gasteiger partial charge in [-0.25, -0.2) is 9.59 Å². The number of carboxylic acids is 2. The number of carboxylic acid groups (broad SMARTS) is 2. The van der Waals surface area contributed by atoms with Crippen LogP contribution in [0, 0.1) is 0 Å². The van der Waals surface area contributed by atoms with E-state index in [1.807, 2.05) is 42.5 Å². The molecule has 24 heavy (non-hydrogen) atoms. The van der Waals surface area contributed by atoms with E-state index in [0.717, 1.165) is 11.1 Å². The van der Waals surface area contributed by atoms with Gasteiger partial charge in [-0.05, 0) is 28.8 Å². The van der Waals surface area contributed by atoms with Crippen molar-refractivity contribution in [3.63, 3.8) is 0 Å². The maximum Gasteiger partial charge on any atom is 0.336 e. The predicted octanol–water partition coefficient (Wildman–Crippen LogP) is 4.42. The Bertz CT molecular complexity index is 882. The van der Waals surface area contributed by atoms with Gasteiger partial charge in [-0.2, -0.15) is 0 Å². The average molecular weight is 318 g/mol. The van der Waals surface area contributed by atoms with Gasteiger partial charge in [0.1, 0.15) is 0 Å². The second-order valence-electron chi connectivity index (χ2n) is 5.25. The van der Waals surface area contributed by atoms with Crippen LogP contribution in [0.4, 0.5) is 0 Å². The Hall–Kier alpha value is -3.40. The van der Waals surface area contributed by atoms with Crippen LogP contribution in [0.2, 0.25) is 0 Å². The van der Waals surface area contributed by atoms with E-state index in [2.05, 4.69) is 0 Å². The number of aromatic carboxylic acids is 2. The van der Waals surface area contributed by atoms with E-state index < -0.39 is 11.9 Å². The van der Waals surface area contributed by atoms with Crippen molar-refractivity contribution in [2.24, 2.45) is 0 Å². The lowest BCUT2D eigenvalue weighted by Crippen LogP contribution is -2.07. The van der Waals surface area contributed by atoms with Gasteiger partial charge < -0.3 is 10.2 Å². The van der Waals surface area contributed by atoms with Gasteiger partial charge in [-0.3, -0.25) is 0 Å². The summed E-state index contributed by atoms with van der Waals surface area (Å²) in [5.41, 5.74) is 2.42. The SMILES string of the molecule is O=C(O)c1cccc(C(=O)O)c1-c1ccccc1-c1ccccc1. The third-order valence-corrected chi connectivity index (χ3v) is 3.81. The van der Waals surface area contributed by atoms with E-state index in [9.17, 15) is 19.8 Å². The molecule has 0 amide bonds. The minimum absolute atomic E-state index is 0.0294. The summed E-state index contributed by atoms with van der Waals surface area (Å²) in [6, 6.07) is 21.0. The highest BCUT2D eigenvalue weighted by atomic mass is 16.4. The molecule has 0 aliphatic rings. The van der Waals surface area contributed by atoms with E-state index in [0.29, 0.717) is 5.56 Å². The maximum absolute atomic E-state index is 11.6. The number of hydrogen-bond acceptors (Lipinski definition) is 2. The van der Waals surface area contributed by atoms with Gasteiger partial charge in [0.05, 0.1) is 11.1 Å². The van der Waals surface area contributed by atoms with Crippen LogP contribution in [-0.2, 0) is 0 Å². The van der Waals surface area contributed by atoms with Crippen LogP contribution in [0.25, 0.3) is 22.3 Å². The van der Waals surface area contributed by atoms with Crippen molar-refractivity contribution in [1.29, 1.82) is 0 Å². The molecule has 4 heteroatoms. The highest BCUT2D eigenvalue weighted by Gasteiger charge is 2.21. The lowest BCUT2D eigenvalue weighted by molar-refractivity contribution is 0.0696. The Morgan fingerprint density at radius 2 is 1.08 bits per heavy atom. The molecule has 0 spiro atoms. The lowest BCUT2D eigenvalue weighted by atomic mass is 9.88. The minimum Gasteiger partial charge on any atom is -0.478 e. The summed E-state index contributed by atoms with van der Waals surface area (Å²) in [7, 11) is 0. The van der Waals surface area contributed by atoms with E-state index in [4.69, 9.17) is 0 Å². The summed E-state index contributed by atoms with van der Waals surface area (Å²) in [5.74, 6) is -2.31. The zero-order valence-corrected chi connectivity index (χ0v) is 12.6. The van der Waals surface area contributed by atoms with E-state index in [-0.39, 0.29) is 16.7 Å². The van der Waals surface area contributed by atoms with Gasteiger partial charge in [-0.15, -0.1) is 0 Å². The Labute approximate surface area is 138 Å². The summed E-state index contributed by atoms with van der Waals surface area (Å²) >= 11 is 0. The quantitative estimate of drug-likeness (QED) is 0.747. The summed E-state index contributed by atoms with van der Waals surface area (Å²) in [5, 5.41) is 19.0. The monoisotopic (exact) mass is 318 g/mol. The van der Waals surface area contributed by atoms with Gasteiger partial charge in [0.15, 0.2) is 0 Å². The van der Waals surface area contributed by atoms with Crippen molar-refractivity contribution >= 4 is 11.9 Å². The van der Waals surface area contributed by atoms with Crippen LogP contribution < -0.4 is 0 Å². The first-order chi connectivity index (χ1) is 11.6. The molecule has 0 saturated carbocycles. The van der Waals surface area contributed by atoms with Crippen LogP contribution >= 0.6 is 0 Å². The fourth-order valence-electron chi connectivity index (χ4n) is 2.77.